The van der Waals surface area contributed by atoms with Crippen LogP contribution in [0.1, 0.15) is 39.5 Å². The molecule has 17 heavy (non-hydrogen) atoms. The number of nitrogens with one attached hydrogen (secondary N) is 1. The molecule has 0 bridgehead atoms. The summed E-state index contributed by atoms with van der Waals surface area (Å²) >= 11 is 0. The monoisotopic (exact) mass is 263 g/mol. The van der Waals surface area contributed by atoms with Gasteiger partial charge in [0.25, 0.3) is 0 Å². The minimum absolute atomic E-state index is 0.0644. The van der Waals surface area contributed by atoms with Gasteiger partial charge in [0, 0.05) is 0 Å². The Morgan fingerprint density at radius 3 is 2.35 bits per heavy atom. The number of rotatable bonds is 7. The van der Waals surface area contributed by atoms with E-state index in [0.717, 1.165) is 19.3 Å². The maximum absolute atomic E-state index is 11.8. The molecule has 0 unspecified atom stereocenters. The van der Waals surface area contributed by atoms with Gasteiger partial charge in [-0.25, -0.2) is 13.1 Å². The third kappa shape index (κ3) is 5.04. The van der Waals surface area contributed by atoms with Crippen LogP contribution in [-0.2, 0) is 14.8 Å². The van der Waals surface area contributed by atoms with Crippen molar-refractivity contribution >= 4 is 16.0 Å². The second-order valence-corrected chi connectivity index (χ2v) is 7.02. The molecular weight excluding hydrogens is 242 g/mol. The van der Waals surface area contributed by atoms with E-state index in [1.54, 1.807) is 0 Å². The topological polar surface area (TPSA) is 83.5 Å². The van der Waals surface area contributed by atoms with Crippen LogP contribution in [-0.4, -0.2) is 31.3 Å². The Morgan fingerprint density at radius 1 is 1.41 bits per heavy atom. The lowest BCUT2D eigenvalue weighted by molar-refractivity contribution is -0.139. The molecule has 1 aliphatic rings. The molecule has 0 radical (unpaired) electrons. The summed E-state index contributed by atoms with van der Waals surface area (Å²) in [5.74, 6) is -0.686. The number of sulfonamides is 1. The van der Waals surface area contributed by atoms with Crippen LogP contribution in [0.15, 0.2) is 0 Å². The van der Waals surface area contributed by atoms with Crippen LogP contribution >= 0.6 is 0 Å². The number of carboxylic acid groups (broad SMARTS) is 1. The zero-order valence-corrected chi connectivity index (χ0v) is 11.2. The molecule has 0 heterocycles. The average Bonchev–Trinajstić information content (AvgIpc) is 2.09. The highest BCUT2D eigenvalue weighted by Crippen LogP contribution is 2.27. The van der Waals surface area contributed by atoms with E-state index >= 15 is 0 Å². The van der Waals surface area contributed by atoms with E-state index in [4.69, 9.17) is 5.11 Å². The summed E-state index contributed by atoms with van der Waals surface area (Å²) in [5, 5.41) is 8.96. The van der Waals surface area contributed by atoms with Crippen molar-refractivity contribution in [3.63, 3.8) is 0 Å². The first-order chi connectivity index (χ1) is 7.80. The minimum atomic E-state index is -3.46. The third-order valence-electron chi connectivity index (χ3n) is 3.01. The van der Waals surface area contributed by atoms with Gasteiger partial charge in [0.05, 0.1) is 5.75 Å². The number of hydrogen-bond donors (Lipinski definition) is 2. The number of aliphatic carboxylic acids is 1. The number of carboxylic acids is 1. The van der Waals surface area contributed by atoms with E-state index in [9.17, 15) is 13.2 Å². The predicted molar refractivity (Wildman–Crippen MR) is 65.1 cm³/mol. The van der Waals surface area contributed by atoms with Gasteiger partial charge >= 0.3 is 5.97 Å². The third-order valence-corrected chi connectivity index (χ3v) is 4.56. The summed E-state index contributed by atoms with van der Waals surface area (Å²) in [5.41, 5.74) is 0. The van der Waals surface area contributed by atoms with E-state index < -0.39 is 22.0 Å². The highest BCUT2D eigenvalue weighted by Gasteiger charge is 2.29. The Kier molecular flexibility index (Phi) is 4.94. The first-order valence-electron chi connectivity index (χ1n) is 6.03. The quantitative estimate of drug-likeness (QED) is 0.723. The SMILES string of the molecule is CC(C)C[C@@H](NS(=O)(=O)CC1CCC1)C(=O)O. The molecule has 0 saturated heterocycles. The first-order valence-corrected chi connectivity index (χ1v) is 7.68. The molecule has 0 spiro atoms. The van der Waals surface area contributed by atoms with Crippen LogP contribution in [0.2, 0.25) is 0 Å². The van der Waals surface area contributed by atoms with E-state index in [2.05, 4.69) is 4.72 Å². The van der Waals surface area contributed by atoms with Gasteiger partial charge in [0.2, 0.25) is 10.0 Å². The minimum Gasteiger partial charge on any atom is -0.480 e. The molecule has 0 aromatic heterocycles. The molecule has 1 atom stereocenters. The Hall–Kier alpha value is -0.620. The lowest BCUT2D eigenvalue weighted by Crippen LogP contribution is -2.44. The lowest BCUT2D eigenvalue weighted by Gasteiger charge is -2.26. The first kappa shape index (κ1) is 14.4. The summed E-state index contributed by atoms with van der Waals surface area (Å²) in [6, 6.07) is -1.000. The molecule has 100 valence electrons. The highest BCUT2D eigenvalue weighted by atomic mass is 32.2. The maximum Gasteiger partial charge on any atom is 0.321 e. The van der Waals surface area contributed by atoms with Crippen molar-refractivity contribution < 1.29 is 18.3 Å². The fraction of sp³-hybridized carbons (Fsp3) is 0.909. The standard InChI is InChI=1S/C11H21NO4S/c1-8(2)6-10(11(13)14)12-17(15,16)7-9-4-3-5-9/h8-10,12H,3-7H2,1-2H3,(H,13,14)/t10-/m1/s1. The van der Waals surface area contributed by atoms with Gasteiger partial charge in [-0.15, -0.1) is 0 Å². The van der Waals surface area contributed by atoms with Crippen molar-refractivity contribution in [2.45, 2.75) is 45.6 Å². The second-order valence-electron chi connectivity index (χ2n) is 5.22. The molecule has 1 rings (SSSR count). The Morgan fingerprint density at radius 2 is 2.00 bits per heavy atom. The molecule has 1 fully saturated rings. The number of carbonyl (C=O) groups is 1. The molecule has 5 nitrogen and oxygen atoms in total. The van der Waals surface area contributed by atoms with E-state index in [1.807, 2.05) is 13.8 Å². The second kappa shape index (κ2) is 5.82. The van der Waals surface area contributed by atoms with E-state index in [-0.39, 0.29) is 17.6 Å². The van der Waals surface area contributed by atoms with Crippen molar-refractivity contribution in [1.82, 2.24) is 4.72 Å². The summed E-state index contributed by atoms with van der Waals surface area (Å²) in [6.07, 6.45) is 3.26. The molecule has 0 amide bonds. The van der Waals surface area contributed by atoms with Crippen LogP contribution in [0.25, 0.3) is 0 Å². The van der Waals surface area contributed by atoms with Gasteiger partial charge in [0.15, 0.2) is 0 Å². The van der Waals surface area contributed by atoms with Gasteiger partial charge < -0.3 is 5.11 Å². The normalized spacial score (nSPS) is 19.0. The summed E-state index contributed by atoms with van der Waals surface area (Å²) < 4.78 is 25.8. The van der Waals surface area contributed by atoms with Crippen molar-refractivity contribution in [2.24, 2.45) is 11.8 Å². The molecule has 2 N–H and O–H groups in total. The summed E-state index contributed by atoms with van der Waals surface area (Å²) in [7, 11) is -3.46. The largest absolute Gasteiger partial charge is 0.480 e. The van der Waals surface area contributed by atoms with Crippen LogP contribution < -0.4 is 4.72 Å². The van der Waals surface area contributed by atoms with Crippen molar-refractivity contribution in [3.8, 4) is 0 Å². The highest BCUT2D eigenvalue weighted by molar-refractivity contribution is 7.89. The van der Waals surface area contributed by atoms with Gasteiger partial charge in [-0.2, -0.15) is 0 Å². The smallest absolute Gasteiger partial charge is 0.321 e. The molecule has 0 aromatic rings. The predicted octanol–water partition coefficient (Wildman–Crippen LogP) is 1.21. The zero-order chi connectivity index (χ0) is 13.1. The van der Waals surface area contributed by atoms with Crippen molar-refractivity contribution in [2.75, 3.05) is 5.75 Å². The molecular formula is C11H21NO4S. The van der Waals surface area contributed by atoms with Gasteiger partial charge in [-0.05, 0) is 31.1 Å². The summed E-state index contributed by atoms with van der Waals surface area (Å²) in [4.78, 5) is 11.0. The zero-order valence-electron chi connectivity index (χ0n) is 10.3. The van der Waals surface area contributed by atoms with E-state index in [1.165, 1.54) is 0 Å². The molecule has 1 aliphatic carbocycles. The van der Waals surface area contributed by atoms with Crippen LogP contribution in [0.5, 0.6) is 0 Å². The summed E-state index contributed by atoms with van der Waals surface area (Å²) in [6.45, 7) is 3.74. The van der Waals surface area contributed by atoms with Gasteiger partial charge in [0.1, 0.15) is 6.04 Å². The fourth-order valence-electron chi connectivity index (χ4n) is 1.91. The van der Waals surface area contributed by atoms with Crippen molar-refractivity contribution in [3.05, 3.63) is 0 Å². The van der Waals surface area contributed by atoms with Crippen molar-refractivity contribution in [1.29, 1.82) is 0 Å². The Bertz CT molecular complexity index is 360. The Labute approximate surface area is 103 Å². The maximum atomic E-state index is 11.8. The fourth-order valence-corrected chi connectivity index (χ4v) is 3.59. The average molecular weight is 263 g/mol. The van der Waals surface area contributed by atoms with Gasteiger partial charge in [-0.3, -0.25) is 4.79 Å². The lowest BCUT2D eigenvalue weighted by atomic mass is 9.87. The molecule has 6 heteroatoms. The Balaban J connectivity index is 2.54. The molecule has 0 aliphatic heterocycles. The van der Waals surface area contributed by atoms with Crippen LogP contribution in [0.4, 0.5) is 0 Å². The van der Waals surface area contributed by atoms with Gasteiger partial charge in [-0.1, -0.05) is 20.3 Å². The van der Waals surface area contributed by atoms with Crippen LogP contribution in [0, 0.1) is 11.8 Å². The molecule has 0 aromatic carbocycles. The number of hydrogen-bond acceptors (Lipinski definition) is 3. The van der Waals surface area contributed by atoms with Crippen LogP contribution in [0.3, 0.4) is 0 Å². The molecule has 1 saturated carbocycles. The van der Waals surface area contributed by atoms with E-state index in [0.29, 0.717) is 6.42 Å².